The molecule has 1 unspecified atom stereocenters. The average molecular weight is 228 g/mol. The highest BCUT2D eigenvalue weighted by Gasteiger charge is 2.07. The van der Waals surface area contributed by atoms with E-state index in [4.69, 9.17) is 10.00 Å². The number of hydrogen-bond acceptors (Lipinski definition) is 4. The zero-order valence-electron chi connectivity index (χ0n) is 9.21. The van der Waals surface area contributed by atoms with Gasteiger partial charge in [-0.15, -0.1) is 0 Å². The van der Waals surface area contributed by atoms with Crippen LogP contribution in [-0.4, -0.2) is 22.8 Å². The first kappa shape index (κ1) is 11.4. The molecule has 0 saturated carbocycles. The van der Waals surface area contributed by atoms with E-state index < -0.39 is 6.10 Å². The summed E-state index contributed by atoms with van der Waals surface area (Å²) in [7, 11) is 0. The summed E-state index contributed by atoms with van der Waals surface area (Å²) in [5, 5.41) is 18.8. The number of para-hydroxylation sites is 1. The lowest BCUT2D eigenvalue weighted by Crippen LogP contribution is -2.16. The molecule has 4 heteroatoms. The van der Waals surface area contributed by atoms with Crippen LogP contribution in [-0.2, 0) is 0 Å². The highest BCUT2D eigenvalue weighted by atomic mass is 16.5. The minimum atomic E-state index is -0.765. The van der Waals surface area contributed by atoms with Crippen LogP contribution in [0.25, 0.3) is 10.9 Å². The van der Waals surface area contributed by atoms with Gasteiger partial charge in [-0.1, -0.05) is 18.2 Å². The zero-order valence-corrected chi connectivity index (χ0v) is 9.21. The Balaban J connectivity index is 2.16. The number of aliphatic hydroxyl groups is 1. The van der Waals surface area contributed by atoms with E-state index in [1.807, 2.05) is 30.3 Å². The van der Waals surface area contributed by atoms with E-state index in [-0.39, 0.29) is 13.0 Å². The third kappa shape index (κ3) is 2.71. The molecule has 0 bridgehead atoms. The van der Waals surface area contributed by atoms with Crippen molar-refractivity contribution in [2.75, 3.05) is 6.61 Å². The summed E-state index contributed by atoms with van der Waals surface area (Å²) in [6.07, 6.45) is 0.998. The van der Waals surface area contributed by atoms with Crippen LogP contribution in [0.5, 0.6) is 5.75 Å². The molecule has 0 fully saturated rings. The van der Waals surface area contributed by atoms with Crippen molar-refractivity contribution in [2.45, 2.75) is 12.5 Å². The maximum atomic E-state index is 9.41. The third-order valence-corrected chi connectivity index (χ3v) is 2.35. The van der Waals surface area contributed by atoms with E-state index in [0.717, 1.165) is 10.9 Å². The first-order valence-electron chi connectivity index (χ1n) is 5.33. The summed E-state index contributed by atoms with van der Waals surface area (Å²) < 4.78 is 5.47. The fourth-order valence-electron chi connectivity index (χ4n) is 1.54. The van der Waals surface area contributed by atoms with E-state index in [2.05, 4.69) is 4.98 Å². The molecule has 0 aliphatic rings. The lowest BCUT2D eigenvalue weighted by molar-refractivity contribution is 0.112. The quantitative estimate of drug-likeness (QED) is 0.867. The second kappa shape index (κ2) is 5.28. The number of benzene rings is 1. The largest absolute Gasteiger partial charge is 0.489 e. The predicted molar refractivity (Wildman–Crippen MR) is 63.5 cm³/mol. The average Bonchev–Trinajstić information content (AvgIpc) is 2.36. The van der Waals surface area contributed by atoms with Crippen molar-refractivity contribution in [3.8, 4) is 11.8 Å². The Bertz CT molecular complexity index is 543. The second-order valence-corrected chi connectivity index (χ2v) is 3.66. The molecule has 1 aromatic heterocycles. The maximum absolute atomic E-state index is 9.41. The minimum absolute atomic E-state index is 0.0677. The van der Waals surface area contributed by atoms with Gasteiger partial charge in [0.25, 0.3) is 0 Å². The smallest absolute Gasteiger partial charge is 0.145 e. The van der Waals surface area contributed by atoms with Crippen LogP contribution in [0, 0.1) is 11.3 Å². The number of pyridine rings is 1. The van der Waals surface area contributed by atoms with Gasteiger partial charge in [0.15, 0.2) is 0 Å². The summed E-state index contributed by atoms with van der Waals surface area (Å²) in [6, 6.07) is 11.3. The lowest BCUT2D eigenvalue weighted by atomic mass is 10.2. The topological polar surface area (TPSA) is 66.1 Å². The van der Waals surface area contributed by atoms with E-state index >= 15 is 0 Å². The first-order chi connectivity index (χ1) is 8.31. The number of fused-ring (bicyclic) bond motifs is 1. The van der Waals surface area contributed by atoms with Crippen molar-refractivity contribution in [2.24, 2.45) is 0 Å². The fraction of sp³-hybridized carbons (Fsp3) is 0.231. The molecule has 0 aliphatic carbocycles. The van der Waals surface area contributed by atoms with Crippen LogP contribution in [0.2, 0.25) is 0 Å². The number of ether oxygens (including phenoxy) is 1. The van der Waals surface area contributed by atoms with Gasteiger partial charge in [0, 0.05) is 11.6 Å². The number of hydrogen-bond donors (Lipinski definition) is 1. The molecule has 2 aromatic rings. The monoisotopic (exact) mass is 228 g/mol. The summed E-state index contributed by atoms with van der Waals surface area (Å²) in [6.45, 7) is 0.100. The number of nitrogens with zero attached hydrogens (tertiary/aromatic N) is 2. The fourth-order valence-corrected chi connectivity index (χ4v) is 1.54. The van der Waals surface area contributed by atoms with Gasteiger partial charge >= 0.3 is 0 Å². The Morgan fingerprint density at radius 3 is 3.00 bits per heavy atom. The number of aliphatic hydroxyl groups excluding tert-OH is 1. The highest BCUT2D eigenvalue weighted by molar-refractivity contribution is 5.84. The van der Waals surface area contributed by atoms with E-state index in [1.165, 1.54) is 0 Å². The van der Waals surface area contributed by atoms with Gasteiger partial charge in [-0.05, 0) is 12.1 Å². The Kier molecular flexibility index (Phi) is 3.53. The van der Waals surface area contributed by atoms with Gasteiger partial charge in [0.2, 0.25) is 0 Å². The molecule has 0 amide bonds. The molecule has 1 aromatic carbocycles. The maximum Gasteiger partial charge on any atom is 0.145 e. The Morgan fingerprint density at radius 1 is 1.35 bits per heavy atom. The zero-order chi connectivity index (χ0) is 12.1. The Morgan fingerprint density at radius 2 is 2.18 bits per heavy atom. The second-order valence-electron chi connectivity index (χ2n) is 3.66. The molecule has 1 heterocycles. The number of aromatic nitrogens is 1. The molecule has 0 radical (unpaired) electrons. The van der Waals surface area contributed by atoms with Crippen molar-refractivity contribution < 1.29 is 9.84 Å². The summed E-state index contributed by atoms with van der Waals surface area (Å²) >= 11 is 0. The van der Waals surface area contributed by atoms with E-state index in [0.29, 0.717) is 5.75 Å². The normalized spacial score (nSPS) is 12.0. The molecular formula is C13H12N2O2. The lowest BCUT2D eigenvalue weighted by Gasteiger charge is -2.10. The van der Waals surface area contributed by atoms with Gasteiger partial charge in [-0.3, -0.25) is 4.98 Å². The van der Waals surface area contributed by atoms with Crippen molar-refractivity contribution >= 4 is 10.9 Å². The van der Waals surface area contributed by atoms with Gasteiger partial charge in [-0.2, -0.15) is 5.26 Å². The van der Waals surface area contributed by atoms with Crippen molar-refractivity contribution in [1.29, 1.82) is 5.26 Å². The highest BCUT2D eigenvalue weighted by Crippen LogP contribution is 2.22. The minimum Gasteiger partial charge on any atom is -0.489 e. The predicted octanol–water partition coefficient (Wildman–Crippen LogP) is 1.89. The molecule has 0 saturated heterocycles. The van der Waals surface area contributed by atoms with Crippen LogP contribution in [0.15, 0.2) is 36.5 Å². The number of rotatable bonds is 4. The first-order valence-corrected chi connectivity index (χ1v) is 5.33. The molecular weight excluding hydrogens is 216 g/mol. The van der Waals surface area contributed by atoms with E-state index in [9.17, 15) is 5.11 Å². The molecule has 86 valence electrons. The van der Waals surface area contributed by atoms with Crippen LogP contribution >= 0.6 is 0 Å². The molecule has 0 spiro atoms. The molecule has 1 N–H and O–H groups in total. The van der Waals surface area contributed by atoms with Crippen LogP contribution < -0.4 is 4.74 Å². The van der Waals surface area contributed by atoms with Gasteiger partial charge in [0.05, 0.1) is 12.5 Å². The van der Waals surface area contributed by atoms with E-state index in [1.54, 1.807) is 12.3 Å². The molecule has 4 nitrogen and oxygen atoms in total. The Hall–Kier alpha value is -2.12. The van der Waals surface area contributed by atoms with Crippen molar-refractivity contribution in [3.63, 3.8) is 0 Å². The summed E-state index contributed by atoms with van der Waals surface area (Å²) in [5.74, 6) is 0.625. The third-order valence-electron chi connectivity index (χ3n) is 2.35. The van der Waals surface area contributed by atoms with Gasteiger partial charge in [0.1, 0.15) is 24.0 Å². The summed E-state index contributed by atoms with van der Waals surface area (Å²) in [4.78, 5) is 4.23. The van der Waals surface area contributed by atoms with Crippen LogP contribution in [0.1, 0.15) is 6.42 Å². The summed E-state index contributed by atoms with van der Waals surface area (Å²) in [5.41, 5.74) is 0.763. The Labute approximate surface area is 99.1 Å². The molecule has 2 rings (SSSR count). The number of nitriles is 1. The van der Waals surface area contributed by atoms with Crippen LogP contribution in [0.3, 0.4) is 0 Å². The van der Waals surface area contributed by atoms with Crippen molar-refractivity contribution in [1.82, 2.24) is 4.98 Å². The van der Waals surface area contributed by atoms with Gasteiger partial charge < -0.3 is 9.84 Å². The van der Waals surface area contributed by atoms with Gasteiger partial charge in [-0.25, -0.2) is 0 Å². The van der Waals surface area contributed by atoms with Crippen molar-refractivity contribution in [3.05, 3.63) is 36.5 Å². The molecule has 17 heavy (non-hydrogen) atoms. The standard InChI is InChI=1S/C13H12N2O2/c14-7-6-11(16)9-17-12-5-1-3-10-4-2-8-15-13(10)12/h1-5,8,11,16H,6,9H2. The molecule has 0 aliphatic heterocycles. The molecule has 1 atom stereocenters. The van der Waals surface area contributed by atoms with Crippen LogP contribution in [0.4, 0.5) is 0 Å². The SMILES string of the molecule is N#CCC(O)COc1cccc2cccnc12.